The Kier molecular flexibility index (Phi) is 7.97. The fourth-order valence-electron chi connectivity index (χ4n) is 2.50. The molecule has 0 atom stereocenters. The zero-order chi connectivity index (χ0) is 19.7. The average Bonchev–Trinajstić information content (AvgIpc) is 2.69. The summed E-state index contributed by atoms with van der Waals surface area (Å²) in [5.41, 5.74) is 1.36. The van der Waals surface area contributed by atoms with Crippen LogP contribution in [0.4, 0.5) is 0 Å². The van der Waals surface area contributed by atoms with Crippen molar-refractivity contribution in [1.29, 1.82) is 0 Å². The lowest BCUT2D eigenvalue weighted by atomic mass is 10.1. The summed E-state index contributed by atoms with van der Waals surface area (Å²) in [6.45, 7) is 4.01. The first kappa shape index (κ1) is 21.1. The van der Waals surface area contributed by atoms with Crippen molar-refractivity contribution in [3.8, 4) is 0 Å². The topological polar surface area (TPSA) is 75.7 Å². The molecule has 0 aliphatic heterocycles. The summed E-state index contributed by atoms with van der Waals surface area (Å²) in [4.78, 5) is 12.4. The van der Waals surface area contributed by atoms with Gasteiger partial charge in [-0.1, -0.05) is 30.3 Å². The van der Waals surface area contributed by atoms with Gasteiger partial charge in [0.05, 0.1) is 4.90 Å². The Morgan fingerprint density at radius 1 is 1.07 bits per heavy atom. The van der Waals surface area contributed by atoms with E-state index in [1.54, 1.807) is 61.6 Å². The zero-order valence-electron chi connectivity index (χ0n) is 15.7. The number of benzene rings is 2. The molecule has 0 spiro atoms. The summed E-state index contributed by atoms with van der Waals surface area (Å²) in [7, 11) is -2.00. The minimum atomic E-state index is -3.54. The molecule has 0 saturated heterocycles. The SMILES string of the molecule is CCOCCCNC(=O)c1ccc(CN(C)S(=O)(=O)c2ccccc2)cc1. The maximum absolute atomic E-state index is 12.6. The van der Waals surface area contributed by atoms with Crippen LogP contribution in [0.1, 0.15) is 29.3 Å². The van der Waals surface area contributed by atoms with Gasteiger partial charge in [0.2, 0.25) is 10.0 Å². The summed E-state index contributed by atoms with van der Waals surface area (Å²) in [6, 6.07) is 15.3. The Balaban J connectivity index is 1.92. The summed E-state index contributed by atoms with van der Waals surface area (Å²) in [6.07, 6.45) is 0.764. The van der Waals surface area contributed by atoms with Crippen molar-refractivity contribution in [2.24, 2.45) is 0 Å². The van der Waals surface area contributed by atoms with Crippen LogP contribution in [-0.2, 0) is 21.3 Å². The van der Waals surface area contributed by atoms with E-state index < -0.39 is 10.0 Å². The van der Waals surface area contributed by atoms with Gasteiger partial charge in [0.1, 0.15) is 0 Å². The number of hydrogen-bond acceptors (Lipinski definition) is 4. The quantitative estimate of drug-likeness (QED) is 0.633. The van der Waals surface area contributed by atoms with E-state index in [9.17, 15) is 13.2 Å². The minimum absolute atomic E-state index is 0.150. The molecule has 2 rings (SSSR count). The number of nitrogens with one attached hydrogen (secondary N) is 1. The number of carbonyl (C=O) groups excluding carboxylic acids is 1. The maximum atomic E-state index is 12.6. The van der Waals surface area contributed by atoms with Gasteiger partial charge in [-0.2, -0.15) is 4.31 Å². The number of carbonyl (C=O) groups is 1. The average molecular weight is 391 g/mol. The second kappa shape index (κ2) is 10.2. The van der Waals surface area contributed by atoms with Crippen LogP contribution in [0, 0.1) is 0 Å². The van der Waals surface area contributed by atoms with E-state index in [1.807, 2.05) is 6.92 Å². The highest BCUT2D eigenvalue weighted by atomic mass is 32.2. The van der Waals surface area contributed by atoms with Crippen molar-refractivity contribution in [2.45, 2.75) is 24.8 Å². The predicted molar refractivity (Wildman–Crippen MR) is 105 cm³/mol. The van der Waals surface area contributed by atoms with E-state index in [0.29, 0.717) is 25.3 Å². The van der Waals surface area contributed by atoms with Gasteiger partial charge in [-0.25, -0.2) is 8.42 Å². The molecule has 7 heteroatoms. The summed E-state index contributed by atoms with van der Waals surface area (Å²) >= 11 is 0. The third-order valence-corrected chi connectivity index (χ3v) is 5.85. The second-order valence-electron chi connectivity index (χ2n) is 6.08. The fraction of sp³-hybridized carbons (Fsp3) is 0.350. The van der Waals surface area contributed by atoms with Crippen LogP contribution in [0.15, 0.2) is 59.5 Å². The third kappa shape index (κ3) is 6.16. The van der Waals surface area contributed by atoms with Crippen LogP contribution in [0.3, 0.4) is 0 Å². The van der Waals surface area contributed by atoms with Crippen LogP contribution in [0.25, 0.3) is 0 Å². The first-order chi connectivity index (χ1) is 12.9. The standard InChI is InChI=1S/C20H26N2O4S/c1-3-26-15-7-14-21-20(23)18-12-10-17(11-13-18)16-22(2)27(24,25)19-8-5-4-6-9-19/h4-6,8-13H,3,7,14-16H2,1-2H3,(H,21,23). The van der Waals surface area contributed by atoms with Crippen molar-refractivity contribution in [3.63, 3.8) is 0 Å². The van der Waals surface area contributed by atoms with Crippen LogP contribution >= 0.6 is 0 Å². The van der Waals surface area contributed by atoms with Crippen LogP contribution in [-0.4, -0.2) is 45.4 Å². The van der Waals surface area contributed by atoms with Crippen LogP contribution in [0.2, 0.25) is 0 Å². The van der Waals surface area contributed by atoms with Gasteiger partial charge in [0, 0.05) is 38.9 Å². The molecule has 0 fully saturated rings. The molecule has 6 nitrogen and oxygen atoms in total. The molecule has 2 aromatic carbocycles. The van der Waals surface area contributed by atoms with Gasteiger partial charge in [-0.15, -0.1) is 0 Å². The molecular weight excluding hydrogens is 364 g/mol. The van der Waals surface area contributed by atoms with E-state index in [0.717, 1.165) is 12.0 Å². The first-order valence-corrected chi connectivity index (χ1v) is 10.4. The molecule has 0 bridgehead atoms. The Morgan fingerprint density at radius 3 is 2.37 bits per heavy atom. The molecule has 0 heterocycles. The van der Waals surface area contributed by atoms with Crippen LogP contribution in [0.5, 0.6) is 0 Å². The normalized spacial score (nSPS) is 11.5. The zero-order valence-corrected chi connectivity index (χ0v) is 16.5. The highest BCUT2D eigenvalue weighted by Crippen LogP contribution is 2.16. The van der Waals surface area contributed by atoms with Gasteiger partial charge in [0.15, 0.2) is 0 Å². The lowest BCUT2D eigenvalue weighted by molar-refractivity contribution is 0.0944. The number of nitrogens with zero attached hydrogens (tertiary/aromatic N) is 1. The third-order valence-electron chi connectivity index (χ3n) is 4.03. The predicted octanol–water partition coefficient (Wildman–Crippen LogP) is 2.66. The maximum Gasteiger partial charge on any atom is 0.251 e. The first-order valence-electron chi connectivity index (χ1n) is 8.91. The Morgan fingerprint density at radius 2 is 1.74 bits per heavy atom. The Bertz CT molecular complexity index is 821. The molecule has 27 heavy (non-hydrogen) atoms. The largest absolute Gasteiger partial charge is 0.382 e. The molecular formula is C20H26N2O4S. The molecule has 0 aromatic heterocycles. The van der Waals surface area contributed by atoms with E-state index in [-0.39, 0.29) is 17.3 Å². The van der Waals surface area contributed by atoms with Gasteiger partial charge in [0.25, 0.3) is 5.91 Å². The lowest BCUT2D eigenvalue weighted by Crippen LogP contribution is -2.27. The lowest BCUT2D eigenvalue weighted by Gasteiger charge is -2.17. The van der Waals surface area contributed by atoms with Gasteiger partial charge in [-0.3, -0.25) is 4.79 Å². The van der Waals surface area contributed by atoms with Crippen molar-refractivity contribution in [2.75, 3.05) is 26.8 Å². The molecule has 0 saturated carbocycles. The van der Waals surface area contributed by atoms with Crippen molar-refractivity contribution < 1.29 is 17.9 Å². The van der Waals surface area contributed by atoms with Crippen LogP contribution < -0.4 is 5.32 Å². The van der Waals surface area contributed by atoms with Crippen molar-refractivity contribution in [1.82, 2.24) is 9.62 Å². The summed E-state index contributed by atoms with van der Waals surface area (Å²) in [5, 5.41) is 2.84. The number of amides is 1. The van der Waals surface area contributed by atoms with E-state index in [1.165, 1.54) is 4.31 Å². The number of ether oxygens (including phenoxy) is 1. The molecule has 0 unspecified atom stereocenters. The summed E-state index contributed by atoms with van der Waals surface area (Å²) in [5.74, 6) is -0.150. The molecule has 1 N–H and O–H groups in total. The monoisotopic (exact) mass is 390 g/mol. The van der Waals surface area contributed by atoms with Gasteiger partial charge >= 0.3 is 0 Å². The number of hydrogen-bond donors (Lipinski definition) is 1. The molecule has 0 aliphatic rings. The van der Waals surface area contributed by atoms with E-state index in [4.69, 9.17) is 4.74 Å². The molecule has 0 radical (unpaired) electrons. The number of sulfonamides is 1. The van der Waals surface area contributed by atoms with Crippen molar-refractivity contribution >= 4 is 15.9 Å². The highest BCUT2D eigenvalue weighted by molar-refractivity contribution is 7.89. The Labute approximate surface area is 161 Å². The number of rotatable bonds is 10. The summed E-state index contributed by atoms with van der Waals surface area (Å²) < 4.78 is 31.6. The van der Waals surface area contributed by atoms with E-state index >= 15 is 0 Å². The smallest absolute Gasteiger partial charge is 0.251 e. The molecule has 2 aromatic rings. The highest BCUT2D eigenvalue weighted by Gasteiger charge is 2.20. The minimum Gasteiger partial charge on any atom is -0.382 e. The van der Waals surface area contributed by atoms with Gasteiger partial charge < -0.3 is 10.1 Å². The fourth-order valence-corrected chi connectivity index (χ4v) is 3.68. The molecule has 146 valence electrons. The van der Waals surface area contributed by atoms with Gasteiger partial charge in [-0.05, 0) is 43.2 Å². The molecule has 1 amide bonds. The Hall–Kier alpha value is -2.22. The second-order valence-corrected chi connectivity index (χ2v) is 8.12. The molecule has 0 aliphatic carbocycles. The van der Waals surface area contributed by atoms with E-state index in [2.05, 4.69) is 5.32 Å². The van der Waals surface area contributed by atoms with Crippen molar-refractivity contribution in [3.05, 3.63) is 65.7 Å².